The van der Waals surface area contributed by atoms with Crippen LogP contribution in [0.25, 0.3) is 0 Å². The van der Waals surface area contributed by atoms with Crippen molar-refractivity contribution >= 4 is 5.91 Å². The smallest absolute Gasteiger partial charge is 0.329 e. The number of alkyl halides is 3. The first-order chi connectivity index (χ1) is 16.3. The van der Waals surface area contributed by atoms with Crippen LogP contribution in [0.2, 0.25) is 0 Å². The number of amides is 1. The Hall–Kier alpha value is -3.94. The van der Waals surface area contributed by atoms with Gasteiger partial charge in [0.05, 0.1) is 12.1 Å². The minimum Gasteiger partial charge on any atom is -0.329 e. The summed E-state index contributed by atoms with van der Waals surface area (Å²) in [7, 11) is 0. The second-order valence-electron chi connectivity index (χ2n) is 8.05. The summed E-state index contributed by atoms with van der Waals surface area (Å²) in [6, 6.07) is 16.1. The van der Waals surface area contributed by atoms with Crippen LogP contribution in [0.15, 0.2) is 85.5 Å². The molecule has 0 spiro atoms. The third-order valence-corrected chi connectivity index (χ3v) is 5.45. The van der Waals surface area contributed by atoms with Crippen molar-refractivity contribution < 1.29 is 18.0 Å². The van der Waals surface area contributed by atoms with Crippen molar-refractivity contribution in [2.24, 2.45) is 0 Å². The summed E-state index contributed by atoms with van der Waals surface area (Å²) < 4.78 is 40.4. The van der Waals surface area contributed by atoms with E-state index in [-0.39, 0.29) is 12.5 Å². The standard InChI is InChI=1S/C26H23F3N4O/c1-19-4-8-22(9-5-19)25(34)33(17-21-3-2-12-30-15-21)18-24-31-13-14-32(24)16-20-6-10-23(11-7-20)26(27,28)29/h2-15H,16-18H2,1H3. The molecule has 5 nitrogen and oxygen atoms in total. The molecule has 0 saturated carbocycles. The van der Waals surface area contributed by atoms with Crippen molar-refractivity contribution in [3.05, 3.63) is 119 Å². The van der Waals surface area contributed by atoms with Gasteiger partial charge in [0.15, 0.2) is 0 Å². The first kappa shape index (κ1) is 23.2. The zero-order chi connectivity index (χ0) is 24.1. The van der Waals surface area contributed by atoms with Crippen molar-refractivity contribution in [1.82, 2.24) is 19.4 Å². The number of carbonyl (C=O) groups excluding carboxylic acids is 1. The number of aryl methyl sites for hydroxylation is 1. The van der Waals surface area contributed by atoms with Gasteiger partial charge < -0.3 is 9.47 Å². The molecule has 4 aromatic rings. The molecular weight excluding hydrogens is 441 g/mol. The SMILES string of the molecule is Cc1ccc(C(=O)N(Cc2cccnc2)Cc2nccn2Cc2ccc(C(F)(F)F)cc2)cc1. The lowest BCUT2D eigenvalue weighted by Gasteiger charge is -2.23. The Morgan fingerprint density at radius 2 is 1.68 bits per heavy atom. The molecule has 2 aromatic carbocycles. The Morgan fingerprint density at radius 1 is 0.941 bits per heavy atom. The van der Waals surface area contributed by atoms with Gasteiger partial charge in [0, 0.05) is 43.4 Å². The fourth-order valence-corrected chi connectivity index (χ4v) is 3.59. The molecule has 2 heterocycles. The van der Waals surface area contributed by atoms with E-state index in [4.69, 9.17) is 0 Å². The molecule has 0 bridgehead atoms. The zero-order valence-corrected chi connectivity index (χ0v) is 18.5. The highest BCUT2D eigenvalue weighted by atomic mass is 19.4. The van der Waals surface area contributed by atoms with E-state index >= 15 is 0 Å². The maximum absolute atomic E-state index is 13.3. The molecule has 0 aliphatic rings. The van der Waals surface area contributed by atoms with Crippen LogP contribution in [0.4, 0.5) is 13.2 Å². The van der Waals surface area contributed by atoms with Crippen LogP contribution < -0.4 is 0 Å². The van der Waals surface area contributed by atoms with Crippen LogP contribution in [0.5, 0.6) is 0 Å². The van der Waals surface area contributed by atoms with Gasteiger partial charge in [-0.3, -0.25) is 9.78 Å². The lowest BCUT2D eigenvalue weighted by Crippen LogP contribution is -2.31. The normalized spacial score (nSPS) is 11.4. The van der Waals surface area contributed by atoms with Crippen LogP contribution in [0.1, 0.15) is 38.4 Å². The van der Waals surface area contributed by atoms with Crippen molar-refractivity contribution in [3.8, 4) is 0 Å². The molecule has 4 rings (SSSR count). The molecule has 0 unspecified atom stereocenters. The second kappa shape index (κ2) is 9.91. The Kier molecular flexibility index (Phi) is 6.77. The van der Waals surface area contributed by atoms with Gasteiger partial charge in [-0.2, -0.15) is 13.2 Å². The number of hydrogen-bond donors (Lipinski definition) is 0. The maximum atomic E-state index is 13.3. The molecule has 2 aromatic heterocycles. The molecule has 0 radical (unpaired) electrons. The Balaban J connectivity index is 1.56. The summed E-state index contributed by atoms with van der Waals surface area (Å²) in [5.41, 5.74) is 2.52. The molecule has 1 amide bonds. The van der Waals surface area contributed by atoms with Gasteiger partial charge in [0.25, 0.3) is 5.91 Å². The highest BCUT2D eigenvalue weighted by Crippen LogP contribution is 2.29. The van der Waals surface area contributed by atoms with Crippen LogP contribution in [0.3, 0.4) is 0 Å². The van der Waals surface area contributed by atoms with Crippen molar-refractivity contribution in [2.75, 3.05) is 0 Å². The van der Waals surface area contributed by atoms with Crippen LogP contribution in [0, 0.1) is 6.92 Å². The molecule has 174 valence electrons. The van der Waals surface area contributed by atoms with Gasteiger partial charge in [-0.15, -0.1) is 0 Å². The minimum atomic E-state index is -4.37. The minimum absolute atomic E-state index is 0.145. The van der Waals surface area contributed by atoms with Crippen molar-refractivity contribution in [1.29, 1.82) is 0 Å². The fraction of sp³-hybridized carbons (Fsp3) is 0.192. The monoisotopic (exact) mass is 464 g/mol. The summed E-state index contributed by atoms with van der Waals surface area (Å²) in [6.07, 6.45) is 2.39. The van der Waals surface area contributed by atoms with Gasteiger partial charge in [0.1, 0.15) is 5.82 Å². The molecule has 0 aliphatic carbocycles. The number of nitrogens with zero attached hydrogens (tertiary/aromatic N) is 4. The molecule has 8 heteroatoms. The van der Waals surface area contributed by atoms with Gasteiger partial charge >= 0.3 is 6.18 Å². The first-order valence-electron chi connectivity index (χ1n) is 10.7. The van der Waals surface area contributed by atoms with Crippen molar-refractivity contribution in [3.63, 3.8) is 0 Å². The quantitative estimate of drug-likeness (QED) is 0.363. The van der Waals surface area contributed by atoms with Gasteiger partial charge in [-0.05, 0) is 48.4 Å². The number of imidazole rings is 1. The molecule has 0 N–H and O–H groups in total. The summed E-state index contributed by atoms with van der Waals surface area (Å²) in [5.74, 6) is 0.484. The summed E-state index contributed by atoms with van der Waals surface area (Å²) >= 11 is 0. The number of rotatable bonds is 7. The molecule has 0 saturated heterocycles. The van der Waals surface area contributed by atoms with Crippen LogP contribution in [-0.2, 0) is 25.8 Å². The zero-order valence-electron chi connectivity index (χ0n) is 18.5. The Bertz CT molecular complexity index is 1230. The van der Waals surface area contributed by atoms with E-state index in [0.717, 1.165) is 23.3 Å². The number of carbonyl (C=O) groups is 1. The lowest BCUT2D eigenvalue weighted by molar-refractivity contribution is -0.137. The molecule has 0 aliphatic heterocycles. The number of hydrogen-bond acceptors (Lipinski definition) is 3. The first-order valence-corrected chi connectivity index (χ1v) is 10.7. The molecular formula is C26H23F3N4O. The van der Waals surface area contributed by atoms with Gasteiger partial charge in [-0.25, -0.2) is 4.98 Å². The lowest BCUT2D eigenvalue weighted by atomic mass is 10.1. The van der Waals surface area contributed by atoms with Gasteiger partial charge in [0.2, 0.25) is 0 Å². The number of pyridine rings is 1. The number of aromatic nitrogens is 3. The van der Waals surface area contributed by atoms with E-state index < -0.39 is 11.7 Å². The van der Waals surface area contributed by atoms with E-state index in [0.29, 0.717) is 30.0 Å². The predicted molar refractivity (Wildman–Crippen MR) is 122 cm³/mol. The Morgan fingerprint density at radius 3 is 2.32 bits per heavy atom. The molecule has 0 fully saturated rings. The molecule has 0 atom stereocenters. The van der Waals surface area contributed by atoms with Crippen LogP contribution >= 0.6 is 0 Å². The summed E-state index contributed by atoms with van der Waals surface area (Å²) in [6.45, 7) is 2.87. The second-order valence-corrected chi connectivity index (χ2v) is 8.05. The summed E-state index contributed by atoms with van der Waals surface area (Å²) in [5, 5.41) is 0. The third kappa shape index (κ3) is 5.70. The van der Waals surface area contributed by atoms with E-state index in [2.05, 4.69) is 9.97 Å². The highest BCUT2D eigenvalue weighted by Gasteiger charge is 2.30. The van der Waals surface area contributed by atoms with E-state index in [1.165, 1.54) is 12.1 Å². The largest absolute Gasteiger partial charge is 0.416 e. The number of benzene rings is 2. The van der Waals surface area contributed by atoms with Crippen LogP contribution in [-0.4, -0.2) is 25.3 Å². The van der Waals surface area contributed by atoms with Gasteiger partial charge in [-0.1, -0.05) is 35.9 Å². The average molecular weight is 464 g/mol. The summed E-state index contributed by atoms with van der Waals surface area (Å²) in [4.78, 5) is 23.6. The van der Waals surface area contributed by atoms with Crippen molar-refractivity contribution in [2.45, 2.75) is 32.7 Å². The van der Waals surface area contributed by atoms with E-state index in [1.54, 1.807) is 41.8 Å². The average Bonchev–Trinajstić information content (AvgIpc) is 3.25. The maximum Gasteiger partial charge on any atom is 0.416 e. The van der Waals surface area contributed by atoms with E-state index in [9.17, 15) is 18.0 Å². The third-order valence-electron chi connectivity index (χ3n) is 5.45. The topological polar surface area (TPSA) is 51.0 Å². The fourth-order valence-electron chi connectivity index (χ4n) is 3.59. The predicted octanol–water partition coefficient (Wildman–Crippen LogP) is 5.50. The number of halogens is 3. The molecule has 34 heavy (non-hydrogen) atoms. The van der Waals surface area contributed by atoms with E-state index in [1.807, 2.05) is 35.8 Å². The highest BCUT2D eigenvalue weighted by molar-refractivity contribution is 5.94. The Labute approximate surface area is 195 Å².